The summed E-state index contributed by atoms with van der Waals surface area (Å²) in [6, 6.07) is 13.5. The second-order valence-electron chi connectivity index (χ2n) is 3.40. The fourth-order valence-electron chi connectivity index (χ4n) is 1.55. The minimum atomic E-state index is 0.661. The van der Waals surface area contributed by atoms with Gasteiger partial charge in [0.15, 0.2) is 0 Å². The van der Waals surface area contributed by atoms with Gasteiger partial charge in [0, 0.05) is 13.2 Å². The largest absolute Gasteiger partial charge is 0.342 e. The molecule has 0 amide bonds. The van der Waals surface area contributed by atoms with E-state index in [2.05, 4.69) is 11.1 Å². The molecule has 0 N–H and O–H groups in total. The highest BCUT2D eigenvalue weighted by atomic mass is 15.1. The smallest absolute Gasteiger partial charge is 0.101 e. The Morgan fingerprint density at radius 2 is 2.00 bits per heavy atom. The average Bonchev–Trinajstić information content (AvgIpc) is 2.39. The van der Waals surface area contributed by atoms with Crippen molar-refractivity contribution in [1.29, 1.82) is 5.26 Å². The summed E-state index contributed by atoms with van der Waals surface area (Å²) in [4.78, 5) is 6.01. The minimum Gasteiger partial charge on any atom is -0.342 e. The van der Waals surface area contributed by atoms with E-state index in [0.717, 1.165) is 11.4 Å². The van der Waals surface area contributed by atoms with Gasteiger partial charge in [-0.3, -0.25) is 4.98 Å². The predicted octanol–water partition coefficient (Wildman–Crippen LogP) is 2.72. The lowest BCUT2D eigenvalue weighted by Crippen LogP contribution is -2.10. The highest BCUT2D eigenvalue weighted by Gasteiger charge is 2.07. The highest BCUT2D eigenvalue weighted by molar-refractivity contribution is 5.67. The third-order valence-electron chi connectivity index (χ3n) is 2.42. The molecule has 0 saturated carbocycles. The fourth-order valence-corrected chi connectivity index (χ4v) is 1.55. The molecule has 2 rings (SSSR count). The molecule has 0 atom stereocenters. The lowest BCUT2D eigenvalue weighted by Gasteiger charge is -2.19. The van der Waals surface area contributed by atoms with Crippen molar-refractivity contribution in [1.82, 2.24) is 4.98 Å². The molecule has 0 fully saturated rings. The maximum atomic E-state index is 9.02. The van der Waals surface area contributed by atoms with Crippen molar-refractivity contribution in [2.24, 2.45) is 0 Å². The molecule has 1 heterocycles. The molecule has 0 spiro atoms. The molecule has 0 aliphatic heterocycles. The van der Waals surface area contributed by atoms with Crippen LogP contribution in [0.1, 0.15) is 5.56 Å². The second-order valence-corrected chi connectivity index (χ2v) is 3.40. The third kappa shape index (κ3) is 1.86. The number of nitriles is 1. The number of benzene rings is 1. The first-order chi connectivity index (χ1) is 7.83. The van der Waals surface area contributed by atoms with Crippen molar-refractivity contribution in [3.63, 3.8) is 0 Å². The number of anilines is 2. The number of hydrogen-bond donors (Lipinski definition) is 0. The molecule has 0 saturated heterocycles. The van der Waals surface area contributed by atoms with E-state index in [1.165, 1.54) is 0 Å². The van der Waals surface area contributed by atoms with E-state index in [1.807, 2.05) is 48.3 Å². The monoisotopic (exact) mass is 209 g/mol. The van der Waals surface area contributed by atoms with Crippen LogP contribution in [0.25, 0.3) is 0 Å². The van der Waals surface area contributed by atoms with Crippen LogP contribution < -0.4 is 4.90 Å². The lowest BCUT2D eigenvalue weighted by molar-refractivity contribution is 1.17. The van der Waals surface area contributed by atoms with Gasteiger partial charge in [0.1, 0.15) is 6.07 Å². The van der Waals surface area contributed by atoms with E-state index >= 15 is 0 Å². The molecule has 0 radical (unpaired) electrons. The van der Waals surface area contributed by atoms with Crippen molar-refractivity contribution in [2.75, 3.05) is 11.9 Å². The van der Waals surface area contributed by atoms with Crippen LogP contribution in [0, 0.1) is 11.3 Å². The van der Waals surface area contributed by atoms with Gasteiger partial charge in [-0.15, -0.1) is 0 Å². The zero-order chi connectivity index (χ0) is 11.4. The summed E-state index contributed by atoms with van der Waals surface area (Å²) in [5.41, 5.74) is 2.51. The van der Waals surface area contributed by atoms with Gasteiger partial charge in [-0.2, -0.15) is 5.26 Å². The molecule has 1 aromatic heterocycles. The Hall–Kier alpha value is -2.34. The van der Waals surface area contributed by atoms with Crippen molar-refractivity contribution in [3.8, 4) is 6.07 Å². The summed E-state index contributed by atoms with van der Waals surface area (Å²) < 4.78 is 0. The SMILES string of the molecule is CN(c1cccnc1)c1ccccc1C#N. The van der Waals surface area contributed by atoms with Gasteiger partial charge in [-0.1, -0.05) is 12.1 Å². The normalized spacial score (nSPS) is 9.50. The molecule has 3 nitrogen and oxygen atoms in total. The maximum Gasteiger partial charge on any atom is 0.101 e. The Morgan fingerprint density at radius 3 is 2.69 bits per heavy atom. The third-order valence-corrected chi connectivity index (χ3v) is 2.42. The van der Waals surface area contributed by atoms with Gasteiger partial charge in [-0.25, -0.2) is 0 Å². The fraction of sp³-hybridized carbons (Fsp3) is 0.0769. The van der Waals surface area contributed by atoms with E-state index in [1.54, 1.807) is 12.4 Å². The summed E-state index contributed by atoms with van der Waals surface area (Å²) in [7, 11) is 1.92. The first-order valence-electron chi connectivity index (χ1n) is 4.96. The Bertz CT molecular complexity index is 514. The first-order valence-corrected chi connectivity index (χ1v) is 4.96. The molecule has 0 unspecified atom stereocenters. The number of rotatable bonds is 2. The van der Waals surface area contributed by atoms with Crippen LogP contribution in [-0.4, -0.2) is 12.0 Å². The number of para-hydroxylation sites is 1. The van der Waals surface area contributed by atoms with Crippen LogP contribution in [-0.2, 0) is 0 Å². The Kier molecular flexibility index (Phi) is 2.84. The number of aromatic nitrogens is 1. The molecule has 16 heavy (non-hydrogen) atoms. The number of nitrogens with zero attached hydrogens (tertiary/aromatic N) is 3. The molecule has 0 bridgehead atoms. The van der Waals surface area contributed by atoms with Crippen molar-refractivity contribution >= 4 is 11.4 Å². The molecule has 2 aromatic rings. The van der Waals surface area contributed by atoms with Gasteiger partial charge in [0.25, 0.3) is 0 Å². The van der Waals surface area contributed by atoms with Gasteiger partial charge in [-0.05, 0) is 24.3 Å². The Labute approximate surface area is 94.6 Å². The van der Waals surface area contributed by atoms with E-state index in [-0.39, 0.29) is 0 Å². The lowest BCUT2D eigenvalue weighted by atomic mass is 10.1. The molecule has 78 valence electrons. The van der Waals surface area contributed by atoms with Crippen LogP contribution >= 0.6 is 0 Å². The standard InChI is InChI=1S/C13H11N3/c1-16(12-6-4-8-15-10-12)13-7-3-2-5-11(13)9-14/h2-8,10H,1H3. The first kappa shape index (κ1) is 10.2. The van der Waals surface area contributed by atoms with E-state index in [4.69, 9.17) is 5.26 Å². The van der Waals surface area contributed by atoms with Gasteiger partial charge in [0.05, 0.1) is 23.1 Å². The quantitative estimate of drug-likeness (QED) is 0.763. The van der Waals surface area contributed by atoms with Crippen LogP contribution in [0.4, 0.5) is 11.4 Å². The summed E-state index contributed by atoms with van der Waals surface area (Å²) in [6.45, 7) is 0. The average molecular weight is 209 g/mol. The maximum absolute atomic E-state index is 9.02. The van der Waals surface area contributed by atoms with Crippen LogP contribution in [0.2, 0.25) is 0 Å². The van der Waals surface area contributed by atoms with E-state index in [0.29, 0.717) is 5.56 Å². The van der Waals surface area contributed by atoms with Gasteiger partial charge in [0.2, 0.25) is 0 Å². The summed E-state index contributed by atoms with van der Waals surface area (Å²) in [5.74, 6) is 0. The van der Waals surface area contributed by atoms with E-state index in [9.17, 15) is 0 Å². The van der Waals surface area contributed by atoms with Crippen LogP contribution in [0.3, 0.4) is 0 Å². The van der Waals surface area contributed by atoms with Crippen molar-refractivity contribution < 1.29 is 0 Å². The zero-order valence-corrected chi connectivity index (χ0v) is 8.96. The van der Waals surface area contributed by atoms with Gasteiger partial charge < -0.3 is 4.90 Å². The Morgan fingerprint density at radius 1 is 1.19 bits per heavy atom. The van der Waals surface area contributed by atoms with Crippen LogP contribution in [0.5, 0.6) is 0 Å². The molecule has 0 aliphatic rings. The van der Waals surface area contributed by atoms with E-state index < -0.39 is 0 Å². The molecule has 0 aliphatic carbocycles. The van der Waals surface area contributed by atoms with Gasteiger partial charge >= 0.3 is 0 Å². The van der Waals surface area contributed by atoms with Crippen LogP contribution in [0.15, 0.2) is 48.8 Å². The number of pyridine rings is 1. The minimum absolute atomic E-state index is 0.661. The molecule has 3 heteroatoms. The second kappa shape index (κ2) is 4.45. The Balaban J connectivity index is 2.42. The number of hydrogen-bond acceptors (Lipinski definition) is 3. The molecular formula is C13H11N3. The molecule has 1 aromatic carbocycles. The topological polar surface area (TPSA) is 39.9 Å². The molecular weight excluding hydrogens is 198 g/mol. The zero-order valence-electron chi connectivity index (χ0n) is 8.96. The predicted molar refractivity (Wildman–Crippen MR) is 63.5 cm³/mol. The summed E-state index contributed by atoms with van der Waals surface area (Å²) >= 11 is 0. The highest BCUT2D eigenvalue weighted by Crippen LogP contribution is 2.25. The summed E-state index contributed by atoms with van der Waals surface area (Å²) in [5, 5.41) is 9.02. The van der Waals surface area contributed by atoms with Crippen molar-refractivity contribution in [3.05, 3.63) is 54.4 Å². The summed E-state index contributed by atoms with van der Waals surface area (Å²) in [6.07, 6.45) is 3.50. The van der Waals surface area contributed by atoms with Crippen molar-refractivity contribution in [2.45, 2.75) is 0 Å².